The Hall–Kier alpha value is -3.32. The first-order chi connectivity index (χ1) is 15.7. The van der Waals surface area contributed by atoms with Crippen molar-refractivity contribution in [1.29, 1.82) is 0 Å². The fraction of sp³-hybridized carbons (Fsp3) is 0.280. The Labute approximate surface area is 192 Å². The van der Waals surface area contributed by atoms with Gasteiger partial charge in [0, 0.05) is 11.4 Å². The van der Waals surface area contributed by atoms with Crippen molar-refractivity contribution >= 4 is 28.8 Å². The van der Waals surface area contributed by atoms with Gasteiger partial charge in [-0.1, -0.05) is 55.5 Å². The van der Waals surface area contributed by atoms with Crippen molar-refractivity contribution in [2.45, 2.75) is 25.5 Å². The van der Waals surface area contributed by atoms with Gasteiger partial charge in [0.2, 0.25) is 5.91 Å². The lowest BCUT2D eigenvalue weighted by Gasteiger charge is -2.35. The molecule has 1 aromatic heterocycles. The lowest BCUT2D eigenvalue weighted by Crippen LogP contribution is -2.51. The summed E-state index contributed by atoms with van der Waals surface area (Å²) in [6, 6.07) is 21.3. The van der Waals surface area contributed by atoms with E-state index in [0.29, 0.717) is 18.8 Å². The van der Waals surface area contributed by atoms with Crippen LogP contribution in [0.5, 0.6) is 5.75 Å². The van der Waals surface area contributed by atoms with E-state index in [2.05, 4.69) is 10.6 Å². The summed E-state index contributed by atoms with van der Waals surface area (Å²) in [4.78, 5) is 28.7. The van der Waals surface area contributed by atoms with Gasteiger partial charge in [0.05, 0.1) is 24.8 Å². The number of carbonyl (C=O) groups excluding carboxylic acids is 2. The van der Waals surface area contributed by atoms with Crippen LogP contribution < -0.4 is 20.3 Å². The third-order valence-electron chi connectivity index (χ3n) is 5.30. The van der Waals surface area contributed by atoms with Crippen molar-refractivity contribution in [3.63, 3.8) is 0 Å². The van der Waals surface area contributed by atoms with Gasteiger partial charge >= 0.3 is 0 Å². The first-order valence-corrected chi connectivity index (χ1v) is 11.7. The molecule has 0 radical (unpaired) electrons. The van der Waals surface area contributed by atoms with Crippen molar-refractivity contribution in [2.24, 2.45) is 0 Å². The molecule has 2 heterocycles. The molecular weight excluding hydrogens is 422 g/mol. The van der Waals surface area contributed by atoms with E-state index in [-0.39, 0.29) is 24.4 Å². The third kappa shape index (κ3) is 5.11. The Morgan fingerprint density at radius 1 is 1.09 bits per heavy atom. The maximum atomic E-state index is 13.2. The fourth-order valence-corrected chi connectivity index (χ4v) is 4.56. The smallest absolute Gasteiger partial charge is 0.262 e. The van der Waals surface area contributed by atoms with Gasteiger partial charge in [0.1, 0.15) is 5.75 Å². The summed E-state index contributed by atoms with van der Waals surface area (Å²) in [5, 5.41) is 8.08. The highest BCUT2D eigenvalue weighted by Crippen LogP contribution is 2.33. The van der Waals surface area contributed by atoms with Crippen LogP contribution in [0.4, 0.5) is 5.69 Å². The normalized spacial score (nSPS) is 15.9. The lowest BCUT2D eigenvalue weighted by atomic mass is 10.1. The highest BCUT2D eigenvalue weighted by molar-refractivity contribution is 7.10. The van der Waals surface area contributed by atoms with E-state index in [1.807, 2.05) is 83.9 Å². The molecule has 2 aromatic carbocycles. The van der Waals surface area contributed by atoms with E-state index in [1.54, 1.807) is 11.3 Å². The second-order valence-corrected chi connectivity index (χ2v) is 8.65. The van der Waals surface area contributed by atoms with Gasteiger partial charge in [0.15, 0.2) is 6.10 Å². The predicted octanol–water partition coefficient (Wildman–Crippen LogP) is 3.75. The molecule has 0 saturated heterocycles. The number of para-hydroxylation sites is 2. The van der Waals surface area contributed by atoms with Crippen molar-refractivity contribution in [3.05, 3.63) is 82.6 Å². The van der Waals surface area contributed by atoms with Gasteiger partial charge in [-0.3, -0.25) is 9.59 Å². The highest BCUT2D eigenvalue weighted by atomic mass is 32.1. The lowest BCUT2D eigenvalue weighted by molar-refractivity contribution is -0.128. The second-order valence-electron chi connectivity index (χ2n) is 7.67. The van der Waals surface area contributed by atoms with Crippen molar-refractivity contribution in [2.75, 3.05) is 24.5 Å². The Morgan fingerprint density at radius 2 is 1.88 bits per heavy atom. The van der Waals surface area contributed by atoms with E-state index in [4.69, 9.17) is 4.74 Å². The van der Waals surface area contributed by atoms with Crippen LogP contribution in [0, 0.1) is 0 Å². The van der Waals surface area contributed by atoms with Gasteiger partial charge in [-0.05, 0) is 35.6 Å². The van der Waals surface area contributed by atoms with Crippen LogP contribution in [0.25, 0.3) is 0 Å². The van der Waals surface area contributed by atoms with Gasteiger partial charge in [0.25, 0.3) is 5.91 Å². The van der Waals surface area contributed by atoms with Crippen molar-refractivity contribution < 1.29 is 14.3 Å². The molecule has 0 saturated carbocycles. The third-order valence-corrected chi connectivity index (χ3v) is 6.24. The maximum Gasteiger partial charge on any atom is 0.262 e. The highest BCUT2D eigenvalue weighted by Gasteiger charge is 2.31. The number of hydrogen-bond donors (Lipinski definition) is 2. The van der Waals surface area contributed by atoms with Crippen LogP contribution in [0.15, 0.2) is 72.1 Å². The molecule has 6 nitrogen and oxygen atoms in total. The summed E-state index contributed by atoms with van der Waals surface area (Å²) >= 11 is 1.61. The van der Waals surface area contributed by atoms with Crippen molar-refractivity contribution in [1.82, 2.24) is 10.6 Å². The molecule has 0 aliphatic carbocycles. The molecule has 2 atom stereocenters. The molecule has 166 valence electrons. The Bertz CT molecular complexity index is 1040. The van der Waals surface area contributed by atoms with Crippen LogP contribution in [-0.2, 0) is 9.59 Å². The summed E-state index contributed by atoms with van der Waals surface area (Å²) < 4.78 is 5.93. The number of nitrogens with one attached hydrogen (secondary N) is 2. The van der Waals surface area contributed by atoms with Gasteiger partial charge in [-0.15, -0.1) is 11.3 Å². The number of hydrogen-bond acceptors (Lipinski definition) is 5. The van der Waals surface area contributed by atoms with E-state index in [0.717, 1.165) is 22.5 Å². The topological polar surface area (TPSA) is 70.7 Å². The molecule has 32 heavy (non-hydrogen) atoms. The number of amides is 2. The number of carbonyl (C=O) groups is 2. The Morgan fingerprint density at radius 3 is 2.62 bits per heavy atom. The molecule has 1 aliphatic heterocycles. The minimum absolute atomic E-state index is 0.114. The zero-order valence-corrected chi connectivity index (χ0v) is 18.8. The quantitative estimate of drug-likeness (QED) is 0.550. The SMILES string of the molecule is CCCNC(=O)[C@H]1CN(CC(=O)N[C@@H](c2ccccc2)c2cccs2)c2ccccc2O1. The standard InChI is InChI=1S/C25H27N3O3S/c1-2-14-26-25(30)21-16-28(19-11-6-7-12-20(19)31-21)17-23(29)27-24(22-13-8-15-32-22)18-9-4-3-5-10-18/h3-13,15,21,24H,2,14,16-17H2,1H3,(H,26,30)(H,27,29)/t21-,24+/m1/s1. The minimum Gasteiger partial charge on any atom is -0.477 e. The second kappa shape index (κ2) is 10.3. The van der Waals surface area contributed by atoms with Crippen LogP contribution in [0.1, 0.15) is 29.8 Å². The summed E-state index contributed by atoms with van der Waals surface area (Å²) in [5.41, 5.74) is 1.84. The molecule has 2 N–H and O–H groups in total. The van der Waals surface area contributed by atoms with Gasteiger partial charge < -0.3 is 20.3 Å². The van der Waals surface area contributed by atoms with E-state index in [9.17, 15) is 9.59 Å². The number of anilines is 1. The molecule has 0 fully saturated rings. The number of thiophene rings is 1. The summed E-state index contributed by atoms with van der Waals surface area (Å²) in [6.07, 6.45) is 0.191. The number of rotatable bonds is 8. The zero-order valence-electron chi connectivity index (χ0n) is 18.0. The van der Waals surface area contributed by atoms with E-state index < -0.39 is 6.10 Å². The van der Waals surface area contributed by atoms with Gasteiger partial charge in [-0.2, -0.15) is 0 Å². The van der Waals surface area contributed by atoms with Gasteiger partial charge in [-0.25, -0.2) is 0 Å². The predicted molar refractivity (Wildman–Crippen MR) is 127 cm³/mol. The number of ether oxygens (including phenoxy) is 1. The van der Waals surface area contributed by atoms with Crippen LogP contribution in [-0.4, -0.2) is 37.6 Å². The molecule has 0 unspecified atom stereocenters. The summed E-state index contributed by atoms with van der Waals surface area (Å²) in [6.45, 7) is 3.05. The molecule has 7 heteroatoms. The first-order valence-electron chi connectivity index (χ1n) is 10.8. The summed E-state index contributed by atoms with van der Waals surface area (Å²) in [5.74, 6) is 0.338. The van der Waals surface area contributed by atoms with Crippen LogP contribution in [0.2, 0.25) is 0 Å². The molecule has 0 spiro atoms. The Kier molecular flexibility index (Phi) is 7.07. The Balaban J connectivity index is 1.51. The number of fused-ring (bicyclic) bond motifs is 1. The largest absolute Gasteiger partial charge is 0.477 e. The fourth-order valence-electron chi connectivity index (χ4n) is 3.76. The minimum atomic E-state index is -0.661. The van der Waals surface area contributed by atoms with E-state index >= 15 is 0 Å². The first kappa shape index (κ1) is 21.9. The average Bonchev–Trinajstić information content (AvgIpc) is 3.36. The van der Waals surface area contributed by atoms with Crippen molar-refractivity contribution in [3.8, 4) is 5.75 Å². The average molecular weight is 450 g/mol. The van der Waals surface area contributed by atoms with Crippen LogP contribution in [0.3, 0.4) is 0 Å². The molecule has 4 rings (SSSR count). The molecule has 3 aromatic rings. The van der Waals surface area contributed by atoms with E-state index in [1.165, 1.54) is 0 Å². The molecule has 1 aliphatic rings. The number of benzene rings is 2. The van der Waals surface area contributed by atoms with Crippen LogP contribution >= 0.6 is 11.3 Å². The zero-order chi connectivity index (χ0) is 22.3. The number of nitrogens with zero attached hydrogens (tertiary/aromatic N) is 1. The molecular formula is C25H27N3O3S. The monoisotopic (exact) mass is 449 g/mol. The maximum absolute atomic E-state index is 13.2. The summed E-state index contributed by atoms with van der Waals surface area (Å²) in [7, 11) is 0. The molecule has 0 bridgehead atoms. The molecule has 2 amide bonds.